The summed E-state index contributed by atoms with van der Waals surface area (Å²) in [4.78, 5) is 18.3. The number of nitrogens with zero attached hydrogens (tertiary/aromatic N) is 2. The van der Waals surface area contributed by atoms with Crippen LogP contribution in [-0.4, -0.2) is 42.9 Å². The number of aliphatic imine (C=N–C) groups is 1. The smallest absolute Gasteiger partial charge is 0.221 e. The lowest BCUT2D eigenvalue weighted by atomic mass is 10.1. The van der Waals surface area contributed by atoms with Gasteiger partial charge < -0.3 is 16.0 Å². The lowest BCUT2D eigenvalue weighted by Crippen LogP contribution is -2.40. The fourth-order valence-electron chi connectivity index (χ4n) is 3.11. The fourth-order valence-corrected chi connectivity index (χ4v) is 3.11. The highest BCUT2D eigenvalue weighted by atomic mass is 16.1. The highest BCUT2D eigenvalue weighted by Crippen LogP contribution is 2.11. The van der Waals surface area contributed by atoms with E-state index in [-0.39, 0.29) is 5.91 Å². The van der Waals surface area contributed by atoms with Crippen molar-refractivity contribution in [2.45, 2.75) is 46.3 Å². The third-order valence-corrected chi connectivity index (χ3v) is 4.89. The topological polar surface area (TPSA) is 68.8 Å². The summed E-state index contributed by atoms with van der Waals surface area (Å²) in [5.41, 5.74) is 3.18. The van der Waals surface area contributed by atoms with Crippen LogP contribution >= 0.6 is 0 Å². The van der Waals surface area contributed by atoms with E-state index in [9.17, 15) is 4.79 Å². The van der Waals surface area contributed by atoms with E-state index in [1.54, 1.807) is 0 Å². The van der Waals surface area contributed by atoms with E-state index in [0.717, 1.165) is 43.3 Å². The molecular weight excluding hydrogens is 374 g/mol. The molecule has 0 saturated carbocycles. The molecule has 6 heteroatoms. The van der Waals surface area contributed by atoms with Crippen LogP contribution in [0.2, 0.25) is 0 Å². The van der Waals surface area contributed by atoms with Gasteiger partial charge in [0.2, 0.25) is 5.91 Å². The van der Waals surface area contributed by atoms with Gasteiger partial charge in [-0.15, -0.1) is 0 Å². The number of carbonyl (C=O) groups excluding carboxylic acids is 1. The molecule has 0 aromatic heterocycles. The Morgan fingerprint density at radius 1 is 1.07 bits per heavy atom. The van der Waals surface area contributed by atoms with Crippen molar-refractivity contribution >= 4 is 17.6 Å². The summed E-state index contributed by atoms with van der Waals surface area (Å²) in [5, 5.41) is 9.54. The van der Waals surface area contributed by atoms with Crippen molar-refractivity contribution in [3.8, 4) is 0 Å². The summed E-state index contributed by atoms with van der Waals surface area (Å²) in [6.07, 6.45) is 1.02. The van der Waals surface area contributed by atoms with Gasteiger partial charge >= 0.3 is 0 Å². The number of rotatable bonds is 10. The lowest BCUT2D eigenvalue weighted by Gasteiger charge is -2.25. The van der Waals surface area contributed by atoms with Crippen LogP contribution in [0, 0.1) is 0 Å². The molecule has 0 bridgehead atoms. The molecule has 0 aliphatic rings. The monoisotopic (exact) mass is 409 g/mol. The molecule has 3 N–H and O–H groups in total. The minimum Gasteiger partial charge on any atom is -0.357 e. The largest absolute Gasteiger partial charge is 0.357 e. The van der Waals surface area contributed by atoms with E-state index in [4.69, 9.17) is 0 Å². The summed E-state index contributed by atoms with van der Waals surface area (Å²) < 4.78 is 0. The van der Waals surface area contributed by atoms with Crippen LogP contribution in [0.3, 0.4) is 0 Å². The highest BCUT2D eigenvalue weighted by molar-refractivity contribution is 5.88. The van der Waals surface area contributed by atoms with Gasteiger partial charge in [-0.25, -0.2) is 4.99 Å². The van der Waals surface area contributed by atoms with Crippen LogP contribution in [0.15, 0.2) is 59.6 Å². The van der Waals surface area contributed by atoms with Gasteiger partial charge in [0.1, 0.15) is 0 Å². The molecule has 0 spiro atoms. The molecule has 2 rings (SSSR count). The van der Waals surface area contributed by atoms with Gasteiger partial charge in [0.25, 0.3) is 0 Å². The number of amides is 1. The second kappa shape index (κ2) is 12.6. The molecule has 1 atom stereocenters. The number of nitrogens with one attached hydrogen (secondary N) is 3. The van der Waals surface area contributed by atoms with Crippen molar-refractivity contribution in [1.29, 1.82) is 0 Å². The average molecular weight is 410 g/mol. The number of hydrogen-bond acceptors (Lipinski definition) is 3. The molecule has 0 aliphatic heterocycles. The second-order valence-electron chi connectivity index (χ2n) is 7.54. The molecule has 1 amide bonds. The Labute approximate surface area is 180 Å². The molecular formula is C24H35N5O. The Balaban J connectivity index is 1.83. The Morgan fingerprint density at radius 3 is 2.50 bits per heavy atom. The number of anilines is 1. The van der Waals surface area contributed by atoms with Crippen LogP contribution in [0.1, 0.15) is 38.3 Å². The Bertz CT molecular complexity index is 806. The zero-order valence-electron chi connectivity index (χ0n) is 18.6. The molecule has 2 aromatic rings. The standard InChI is InChI=1S/C24H35N5O/c1-5-25-24(27-17-22-12-9-13-23(16-22)28-20(3)30)26-15-14-19(2)29(4)18-21-10-7-6-8-11-21/h6-13,16,19H,5,14-15,17-18H2,1-4H3,(H,28,30)(H2,25,26,27). The lowest BCUT2D eigenvalue weighted by molar-refractivity contribution is -0.114. The molecule has 0 fully saturated rings. The van der Waals surface area contributed by atoms with E-state index in [1.807, 2.05) is 24.3 Å². The van der Waals surface area contributed by atoms with Crippen LogP contribution in [-0.2, 0) is 17.9 Å². The maximum absolute atomic E-state index is 11.2. The van der Waals surface area contributed by atoms with Gasteiger partial charge in [-0.2, -0.15) is 0 Å². The Morgan fingerprint density at radius 2 is 1.80 bits per heavy atom. The maximum Gasteiger partial charge on any atom is 0.221 e. The molecule has 0 saturated heterocycles. The first kappa shape index (κ1) is 23.4. The number of hydrogen-bond donors (Lipinski definition) is 3. The fraction of sp³-hybridized carbons (Fsp3) is 0.417. The van der Waals surface area contributed by atoms with Crippen molar-refractivity contribution in [3.63, 3.8) is 0 Å². The predicted octanol–water partition coefficient (Wildman–Crippen LogP) is 3.61. The first-order chi connectivity index (χ1) is 14.5. The van der Waals surface area contributed by atoms with Gasteiger partial charge in [0.05, 0.1) is 6.54 Å². The van der Waals surface area contributed by atoms with Crippen molar-refractivity contribution in [1.82, 2.24) is 15.5 Å². The van der Waals surface area contributed by atoms with E-state index in [1.165, 1.54) is 12.5 Å². The van der Waals surface area contributed by atoms with Crippen LogP contribution in [0.25, 0.3) is 0 Å². The van der Waals surface area contributed by atoms with Crippen LogP contribution in [0.4, 0.5) is 5.69 Å². The first-order valence-electron chi connectivity index (χ1n) is 10.6. The van der Waals surface area contributed by atoms with Gasteiger partial charge in [-0.1, -0.05) is 42.5 Å². The summed E-state index contributed by atoms with van der Waals surface area (Å²) in [6.45, 7) is 8.97. The molecule has 0 heterocycles. The van der Waals surface area contributed by atoms with Gasteiger partial charge in [-0.05, 0) is 50.6 Å². The molecule has 0 radical (unpaired) electrons. The van der Waals surface area contributed by atoms with Crippen molar-refractivity contribution in [3.05, 3.63) is 65.7 Å². The van der Waals surface area contributed by atoms with Crippen molar-refractivity contribution in [2.75, 3.05) is 25.5 Å². The minimum atomic E-state index is -0.0722. The third-order valence-electron chi connectivity index (χ3n) is 4.89. The molecule has 30 heavy (non-hydrogen) atoms. The Hall–Kier alpha value is -2.86. The second-order valence-corrected chi connectivity index (χ2v) is 7.54. The van der Waals surface area contributed by atoms with E-state index >= 15 is 0 Å². The summed E-state index contributed by atoms with van der Waals surface area (Å²) in [5.74, 6) is 0.734. The molecule has 162 valence electrons. The van der Waals surface area contributed by atoms with E-state index in [2.05, 4.69) is 77.1 Å². The van der Waals surface area contributed by atoms with E-state index < -0.39 is 0 Å². The molecule has 0 aliphatic carbocycles. The summed E-state index contributed by atoms with van der Waals surface area (Å²) >= 11 is 0. The molecule has 1 unspecified atom stereocenters. The first-order valence-corrected chi connectivity index (χ1v) is 10.6. The SMILES string of the molecule is CCNC(=NCc1cccc(NC(C)=O)c1)NCCC(C)N(C)Cc1ccccc1. The third kappa shape index (κ3) is 8.66. The number of guanidine groups is 1. The predicted molar refractivity (Wildman–Crippen MR) is 126 cm³/mol. The number of benzene rings is 2. The van der Waals surface area contributed by atoms with E-state index in [0.29, 0.717) is 12.6 Å². The Kier molecular flexibility index (Phi) is 9.87. The average Bonchev–Trinajstić information content (AvgIpc) is 2.72. The molecule has 6 nitrogen and oxygen atoms in total. The quantitative estimate of drug-likeness (QED) is 0.414. The summed E-state index contributed by atoms with van der Waals surface area (Å²) in [7, 11) is 2.17. The van der Waals surface area contributed by atoms with Gasteiger partial charge in [-0.3, -0.25) is 9.69 Å². The normalized spacial score (nSPS) is 12.5. The minimum absolute atomic E-state index is 0.0722. The number of carbonyl (C=O) groups is 1. The zero-order chi connectivity index (χ0) is 21.8. The maximum atomic E-state index is 11.2. The van der Waals surface area contributed by atoms with Gasteiger partial charge in [0, 0.05) is 38.3 Å². The van der Waals surface area contributed by atoms with Crippen LogP contribution in [0.5, 0.6) is 0 Å². The van der Waals surface area contributed by atoms with Crippen molar-refractivity contribution in [2.24, 2.45) is 4.99 Å². The summed E-state index contributed by atoms with van der Waals surface area (Å²) in [6, 6.07) is 18.8. The van der Waals surface area contributed by atoms with Crippen LogP contribution < -0.4 is 16.0 Å². The zero-order valence-corrected chi connectivity index (χ0v) is 18.6. The van der Waals surface area contributed by atoms with Gasteiger partial charge in [0.15, 0.2) is 5.96 Å². The molecule has 2 aromatic carbocycles. The van der Waals surface area contributed by atoms with Crippen molar-refractivity contribution < 1.29 is 4.79 Å². The highest BCUT2D eigenvalue weighted by Gasteiger charge is 2.10.